The van der Waals surface area contributed by atoms with Crippen LogP contribution in [0.4, 0.5) is 4.79 Å². The molecule has 0 spiro atoms. The van der Waals surface area contributed by atoms with Gasteiger partial charge in [0.25, 0.3) is 0 Å². The SMILES string of the molecule is CC(C)C[C@H](NC(=O)N(C)C[C@@H]1CCC[C@@H]1O)c1ccccn1. The van der Waals surface area contributed by atoms with Crippen LogP contribution in [-0.2, 0) is 0 Å². The van der Waals surface area contributed by atoms with Crippen molar-refractivity contribution in [2.45, 2.75) is 51.7 Å². The molecular weight excluding hydrogens is 290 g/mol. The minimum Gasteiger partial charge on any atom is -0.393 e. The number of pyridine rings is 1. The summed E-state index contributed by atoms with van der Waals surface area (Å²) in [6.45, 7) is 4.88. The fourth-order valence-electron chi connectivity index (χ4n) is 3.23. The predicted octanol–water partition coefficient (Wildman–Crippen LogP) is 2.97. The van der Waals surface area contributed by atoms with Gasteiger partial charge < -0.3 is 15.3 Å². The molecule has 1 aromatic heterocycles. The molecule has 128 valence electrons. The summed E-state index contributed by atoms with van der Waals surface area (Å²) >= 11 is 0. The highest BCUT2D eigenvalue weighted by Crippen LogP contribution is 2.26. The molecule has 0 radical (unpaired) electrons. The van der Waals surface area contributed by atoms with Crippen LogP contribution >= 0.6 is 0 Å². The first-order valence-corrected chi connectivity index (χ1v) is 8.58. The minimum atomic E-state index is -0.271. The number of aliphatic hydroxyl groups is 1. The minimum absolute atomic E-state index is 0.0837. The molecule has 2 N–H and O–H groups in total. The number of hydrogen-bond donors (Lipinski definition) is 2. The lowest BCUT2D eigenvalue weighted by Gasteiger charge is -2.27. The van der Waals surface area contributed by atoms with E-state index in [1.54, 1.807) is 18.1 Å². The van der Waals surface area contributed by atoms with E-state index >= 15 is 0 Å². The molecule has 0 unspecified atom stereocenters. The van der Waals surface area contributed by atoms with E-state index < -0.39 is 0 Å². The van der Waals surface area contributed by atoms with Crippen LogP contribution in [0.2, 0.25) is 0 Å². The highest BCUT2D eigenvalue weighted by molar-refractivity contribution is 5.74. The molecule has 1 saturated carbocycles. The molecule has 0 aromatic carbocycles. The Morgan fingerprint density at radius 1 is 1.43 bits per heavy atom. The van der Waals surface area contributed by atoms with Gasteiger partial charge in [0, 0.05) is 25.7 Å². The van der Waals surface area contributed by atoms with Crippen molar-refractivity contribution in [3.63, 3.8) is 0 Å². The molecule has 1 aliphatic carbocycles. The number of carbonyl (C=O) groups is 1. The number of hydrogen-bond acceptors (Lipinski definition) is 3. The molecule has 1 heterocycles. The monoisotopic (exact) mass is 319 g/mol. The lowest BCUT2D eigenvalue weighted by molar-refractivity contribution is 0.113. The summed E-state index contributed by atoms with van der Waals surface area (Å²) in [6.07, 6.45) is 5.23. The van der Waals surface area contributed by atoms with Crippen LogP contribution in [-0.4, -0.2) is 40.7 Å². The summed E-state index contributed by atoms with van der Waals surface area (Å²) < 4.78 is 0. The first-order chi connectivity index (χ1) is 11.0. The number of amides is 2. The topological polar surface area (TPSA) is 65.5 Å². The van der Waals surface area contributed by atoms with Crippen molar-refractivity contribution in [2.24, 2.45) is 11.8 Å². The Labute approximate surface area is 139 Å². The Balaban J connectivity index is 1.96. The first kappa shape index (κ1) is 17.7. The summed E-state index contributed by atoms with van der Waals surface area (Å²) in [4.78, 5) is 18.6. The molecule has 2 amide bonds. The summed E-state index contributed by atoms with van der Waals surface area (Å²) in [5.74, 6) is 0.661. The van der Waals surface area contributed by atoms with E-state index in [-0.39, 0.29) is 24.1 Å². The maximum atomic E-state index is 12.5. The molecule has 23 heavy (non-hydrogen) atoms. The van der Waals surface area contributed by atoms with Gasteiger partial charge in [-0.25, -0.2) is 4.79 Å². The fourth-order valence-corrected chi connectivity index (χ4v) is 3.23. The van der Waals surface area contributed by atoms with Crippen molar-refractivity contribution in [3.8, 4) is 0 Å². The number of nitrogens with one attached hydrogen (secondary N) is 1. The van der Waals surface area contributed by atoms with Gasteiger partial charge in [-0.05, 0) is 37.3 Å². The van der Waals surface area contributed by atoms with E-state index in [0.29, 0.717) is 12.5 Å². The maximum absolute atomic E-state index is 12.5. The zero-order chi connectivity index (χ0) is 16.8. The lowest BCUT2D eigenvalue weighted by Crippen LogP contribution is -2.43. The molecular formula is C18H29N3O2. The Morgan fingerprint density at radius 2 is 2.22 bits per heavy atom. The van der Waals surface area contributed by atoms with Gasteiger partial charge in [-0.2, -0.15) is 0 Å². The van der Waals surface area contributed by atoms with Gasteiger partial charge in [-0.3, -0.25) is 4.98 Å². The zero-order valence-electron chi connectivity index (χ0n) is 14.4. The van der Waals surface area contributed by atoms with Gasteiger partial charge in [-0.1, -0.05) is 26.3 Å². The van der Waals surface area contributed by atoms with E-state index in [4.69, 9.17) is 0 Å². The van der Waals surface area contributed by atoms with Crippen LogP contribution in [0, 0.1) is 11.8 Å². The number of nitrogens with zero attached hydrogens (tertiary/aromatic N) is 2. The number of urea groups is 1. The van der Waals surface area contributed by atoms with Gasteiger partial charge in [0.2, 0.25) is 0 Å². The third-order valence-electron chi connectivity index (χ3n) is 4.52. The second-order valence-corrected chi connectivity index (χ2v) is 7.03. The van der Waals surface area contributed by atoms with Crippen molar-refractivity contribution < 1.29 is 9.90 Å². The van der Waals surface area contributed by atoms with Gasteiger partial charge in [0.05, 0.1) is 17.8 Å². The first-order valence-electron chi connectivity index (χ1n) is 8.58. The Bertz CT molecular complexity index is 492. The predicted molar refractivity (Wildman–Crippen MR) is 90.9 cm³/mol. The average Bonchev–Trinajstić information content (AvgIpc) is 2.92. The van der Waals surface area contributed by atoms with Gasteiger partial charge in [0.15, 0.2) is 0 Å². The lowest BCUT2D eigenvalue weighted by atomic mass is 10.0. The van der Waals surface area contributed by atoms with Crippen molar-refractivity contribution in [1.82, 2.24) is 15.2 Å². The molecule has 0 bridgehead atoms. The smallest absolute Gasteiger partial charge is 0.317 e. The normalized spacial score (nSPS) is 22.1. The molecule has 0 aliphatic heterocycles. The molecule has 5 heteroatoms. The number of aliphatic hydroxyl groups excluding tert-OH is 1. The molecule has 2 rings (SSSR count). The van der Waals surface area contributed by atoms with Crippen molar-refractivity contribution in [2.75, 3.05) is 13.6 Å². The molecule has 1 fully saturated rings. The third-order valence-corrected chi connectivity index (χ3v) is 4.52. The van der Waals surface area contributed by atoms with Crippen LogP contribution < -0.4 is 5.32 Å². The van der Waals surface area contributed by atoms with Crippen LogP contribution in [0.25, 0.3) is 0 Å². The highest BCUT2D eigenvalue weighted by Gasteiger charge is 2.28. The van der Waals surface area contributed by atoms with Crippen LogP contribution in [0.5, 0.6) is 0 Å². The van der Waals surface area contributed by atoms with Crippen LogP contribution in [0.15, 0.2) is 24.4 Å². The summed E-state index contributed by atoms with van der Waals surface area (Å²) in [6, 6.07) is 5.60. The van der Waals surface area contributed by atoms with E-state index in [9.17, 15) is 9.90 Å². The molecule has 1 aliphatic rings. The van der Waals surface area contributed by atoms with Crippen molar-refractivity contribution >= 4 is 6.03 Å². The Kier molecular flexibility index (Phi) is 6.39. The number of aromatic nitrogens is 1. The van der Waals surface area contributed by atoms with Crippen molar-refractivity contribution in [1.29, 1.82) is 0 Å². The summed E-state index contributed by atoms with van der Waals surface area (Å²) in [5.41, 5.74) is 0.892. The number of rotatable bonds is 6. The quantitative estimate of drug-likeness (QED) is 0.847. The van der Waals surface area contributed by atoms with E-state index in [0.717, 1.165) is 31.4 Å². The Morgan fingerprint density at radius 3 is 2.78 bits per heavy atom. The van der Waals surface area contributed by atoms with Gasteiger partial charge in [0.1, 0.15) is 0 Å². The second-order valence-electron chi connectivity index (χ2n) is 7.03. The van der Waals surface area contributed by atoms with Crippen LogP contribution in [0.1, 0.15) is 51.3 Å². The second kappa shape index (κ2) is 8.29. The summed E-state index contributed by atoms with van der Waals surface area (Å²) in [5, 5.41) is 13.0. The third kappa shape index (κ3) is 5.20. The van der Waals surface area contributed by atoms with E-state index in [1.807, 2.05) is 18.2 Å². The maximum Gasteiger partial charge on any atom is 0.317 e. The number of carbonyl (C=O) groups excluding carboxylic acids is 1. The largest absolute Gasteiger partial charge is 0.393 e. The molecule has 5 nitrogen and oxygen atoms in total. The molecule has 1 aromatic rings. The van der Waals surface area contributed by atoms with E-state index in [1.165, 1.54) is 0 Å². The Hall–Kier alpha value is -1.62. The zero-order valence-corrected chi connectivity index (χ0v) is 14.4. The van der Waals surface area contributed by atoms with Gasteiger partial charge in [-0.15, -0.1) is 0 Å². The van der Waals surface area contributed by atoms with Crippen LogP contribution in [0.3, 0.4) is 0 Å². The fraction of sp³-hybridized carbons (Fsp3) is 0.667. The summed E-state index contributed by atoms with van der Waals surface area (Å²) in [7, 11) is 1.80. The standard InChI is InChI=1S/C18H29N3O2/c1-13(2)11-16(15-8-4-5-10-19-15)20-18(23)21(3)12-14-7-6-9-17(14)22/h4-5,8,10,13-14,16-17,22H,6-7,9,11-12H2,1-3H3,(H,20,23)/t14-,16-,17-/m0/s1. The highest BCUT2D eigenvalue weighted by atomic mass is 16.3. The molecule has 3 atom stereocenters. The van der Waals surface area contributed by atoms with E-state index in [2.05, 4.69) is 24.1 Å². The molecule has 0 saturated heterocycles. The van der Waals surface area contributed by atoms with Gasteiger partial charge >= 0.3 is 6.03 Å². The average molecular weight is 319 g/mol. The van der Waals surface area contributed by atoms with Crippen molar-refractivity contribution in [3.05, 3.63) is 30.1 Å².